The van der Waals surface area contributed by atoms with Crippen LogP contribution < -0.4 is 4.74 Å². The van der Waals surface area contributed by atoms with Crippen LogP contribution in [0.2, 0.25) is 0 Å². The molecule has 8 heteroatoms. The molecule has 0 spiro atoms. The van der Waals surface area contributed by atoms with E-state index in [1.165, 1.54) is 6.07 Å². The predicted octanol–water partition coefficient (Wildman–Crippen LogP) is 2.76. The minimum absolute atomic E-state index is 0.00217. The topological polar surface area (TPSA) is 82.3 Å². The summed E-state index contributed by atoms with van der Waals surface area (Å²) in [5.41, 5.74) is 0.774. The number of ether oxygens (including phenoxy) is 1. The third-order valence-corrected chi connectivity index (χ3v) is 4.48. The van der Waals surface area contributed by atoms with Gasteiger partial charge in [-0.1, -0.05) is 11.2 Å². The zero-order chi connectivity index (χ0) is 15.0. The lowest BCUT2D eigenvalue weighted by atomic mass is 10.2. The quantitative estimate of drug-likeness (QED) is 0.785. The molecular weight excluding hydrogens is 316 g/mol. The summed E-state index contributed by atoms with van der Waals surface area (Å²) in [7, 11) is 1.53. The molecule has 2 aromatic rings. The lowest BCUT2D eigenvalue weighted by Crippen LogP contribution is -2.01. The Morgan fingerprint density at radius 1 is 1.43 bits per heavy atom. The Balaban J connectivity index is 1.77. The van der Waals surface area contributed by atoms with Crippen molar-refractivity contribution in [2.45, 2.75) is 37.2 Å². The summed E-state index contributed by atoms with van der Waals surface area (Å²) in [6.45, 7) is 1.78. The van der Waals surface area contributed by atoms with Gasteiger partial charge in [0.2, 0.25) is 0 Å². The third-order valence-electron chi connectivity index (χ3n) is 3.14. The fourth-order valence-corrected chi connectivity index (χ4v) is 2.95. The second-order valence-electron chi connectivity index (χ2n) is 5.00. The van der Waals surface area contributed by atoms with E-state index < -0.39 is 9.05 Å². The molecule has 0 bridgehead atoms. The van der Waals surface area contributed by atoms with Gasteiger partial charge in [-0.25, -0.2) is 8.42 Å². The summed E-state index contributed by atoms with van der Waals surface area (Å²) in [6, 6.07) is 4.76. The summed E-state index contributed by atoms with van der Waals surface area (Å²) < 4.78 is 33.6. The molecule has 1 aromatic heterocycles. The first-order valence-electron chi connectivity index (χ1n) is 6.44. The van der Waals surface area contributed by atoms with E-state index in [2.05, 4.69) is 10.1 Å². The fraction of sp³-hybridized carbons (Fsp3) is 0.385. The van der Waals surface area contributed by atoms with Crippen molar-refractivity contribution >= 4 is 19.7 Å². The first-order chi connectivity index (χ1) is 9.93. The van der Waals surface area contributed by atoms with E-state index in [-0.39, 0.29) is 17.3 Å². The highest BCUT2D eigenvalue weighted by atomic mass is 35.7. The molecule has 21 heavy (non-hydrogen) atoms. The Bertz CT molecular complexity index is 768. The number of aryl methyl sites for hydroxylation is 1. The van der Waals surface area contributed by atoms with Gasteiger partial charge >= 0.3 is 0 Å². The van der Waals surface area contributed by atoms with E-state index in [0.29, 0.717) is 17.6 Å². The van der Waals surface area contributed by atoms with Gasteiger partial charge in [-0.2, -0.15) is 4.98 Å². The van der Waals surface area contributed by atoms with E-state index in [1.54, 1.807) is 19.1 Å². The second-order valence-corrected chi connectivity index (χ2v) is 7.53. The molecule has 0 aliphatic heterocycles. The van der Waals surface area contributed by atoms with Crippen LogP contribution in [-0.2, 0) is 15.7 Å². The zero-order valence-electron chi connectivity index (χ0n) is 11.2. The van der Waals surface area contributed by atoms with Crippen LogP contribution in [0.25, 0.3) is 0 Å². The van der Waals surface area contributed by atoms with Gasteiger partial charge in [0, 0.05) is 16.6 Å². The molecule has 1 aliphatic carbocycles. The number of nitrogens with zero attached hydrogens (tertiary/aromatic N) is 2. The Morgan fingerprint density at radius 2 is 2.19 bits per heavy atom. The van der Waals surface area contributed by atoms with Crippen molar-refractivity contribution in [3.8, 4) is 5.75 Å². The van der Waals surface area contributed by atoms with Crippen molar-refractivity contribution in [3.63, 3.8) is 0 Å². The van der Waals surface area contributed by atoms with Gasteiger partial charge in [0.15, 0.2) is 12.4 Å². The summed E-state index contributed by atoms with van der Waals surface area (Å²) >= 11 is 0. The van der Waals surface area contributed by atoms with Gasteiger partial charge in [-0.15, -0.1) is 0 Å². The molecule has 0 saturated heterocycles. The number of benzene rings is 1. The first kappa shape index (κ1) is 14.3. The van der Waals surface area contributed by atoms with Gasteiger partial charge in [0.25, 0.3) is 14.9 Å². The van der Waals surface area contributed by atoms with Crippen molar-refractivity contribution in [3.05, 3.63) is 35.5 Å². The first-order valence-corrected chi connectivity index (χ1v) is 8.75. The summed E-state index contributed by atoms with van der Waals surface area (Å²) in [6.07, 6.45) is 2.15. The summed E-state index contributed by atoms with van der Waals surface area (Å²) in [4.78, 5) is 4.15. The maximum absolute atomic E-state index is 11.6. The van der Waals surface area contributed by atoms with Crippen molar-refractivity contribution in [1.29, 1.82) is 0 Å². The molecule has 3 rings (SSSR count). The lowest BCUT2D eigenvalue weighted by Gasteiger charge is -2.08. The Labute approximate surface area is 126 Å². The molecule has 1 fully saturated rings. The molecule has 6 nitrogen and oxygen atoms in total. The number of hydrogen-bond acceptors (Lipinski definition) is 6. The molecule has 0 unspecified atom stereocenters. The number of rotatable bonds is 5. The fourth-order valence-electron chi connectivity index (χ4n) is 1.90. The maximum Gasteiger partial charge on any atom is 0.264 e. The Morgan fingerprint density at radius 3 is 2.86 bits per heavy atom. The molecule has 112 valence electrons. The highest BCUT2D eigenvalue weighted by Crippen LogP contribution is 2.38. The smallest absolute Gasteiger partial charge is 0.264 e. The molecule has 1 aliphatic rings. The van der Waals surface area contributed by atoms with Gasteiger partial charge in [0.05, 0.1) is 0 Å². The van der Waals surface area contributed by atoms with Crippen LogP contribution in [0.1, 0.15) is 36.0 Å². The van der Waals surface area contributed by atoms with E-state index in [1.807, 2.05) is 0 Å². The van der Waals surface area contributed by atoms with Gasteiger partial charge in [0.1, 0.15) is 10.6 Å². The van der Waals surface area contributed by atoms with Gasteiger partial charge in [-0.3, -0.25) is 0 Å². The van der Waals surface area contributed by atoms with Crippen molar-refractivity contribution in [2.24, 2.45) is 0 Å². The van der Waals surface area contributed by atoms with Crippen LogP contribution in [0.15, 0.2) is 27.6 Å². The largest absolute Gasteiger partial charge is 0.482 e. The van der Waals surface area contributed by atoms with E-state index in [4.69, 9.17) is 19.9 Å². The Hall–Kier alpha value is -1.60. The third kappa shape index (κ3) is 3.36. The molecule has 1 heterocycles. The molecule has 0 N–H and O–H groups in total. The summed E-state index contributed by atoms with van der Waals surface area (Å²) in [5, 5.41) is 3.87. The normalized spacial score (nSPS) is 15.1. The monoisotopic (exact) mass is 328 g/mol. The lowest BCUT2D eigenvalue weighted by molar-refractivity contribution is 0.237. The van der Waals surface area contributed by atoms with E-state index in [0.717, 1.165) is 18.4 Å². The van der Waals surface area contributed by atoms with Crippen LogP contribution in [0.3, 0.4) is 0 Å². The average Bonchev–Trinajstić information content (AvgIpc) is 3.16. The van der Waals surface area contributed by atoms with Crippen LogP contribution in [-0.4, -0.2) is 18.6 Å². The van der Waals surface area contributed by atoms with Crippen molar-refractivity contribution in [2.75, 3.05) is 0 Å². The second kappa shape index (κ2) is 5.31. The Kier molecular flexibility index (Phi) is 3.62. The number of halogens is 1. The number of hydrogen-bond donors (Lipinski definition) is 0. The predicted molar refractivity (Wildman–Crippen MR) is 74.8 cm³/mol. The van der Waals surface area contributed by atoms with Crippen LogP contribution in [0.5, 0.6) is 5.75 Å². The van der Waals surface area contributed by atoms with Gasteiger partial charge < -0.3 is 9.26 Å². The average molecular weight is 329 g/mol. The molecule has 0 amide bonds. The number of aromatic nitrogens is 2. The SMILES string of the molecule is Cc1ccc(OCc2nc(C3CC3)no2)c(S(=O)(=O)Cl)c1. The molecular formula is C13H13ClN2O4S. The van der Waals surface area contributed by atoms with Crippen LogP contribution >= 0.6 is 10.7 Å². The standard InChI is InChI=1S/C13H13ClN2O4S/c1-8-2-5-10(11(6-8)21(14,17)18)19-7-12-15-13(16-20-12)9-3-4-9/h2,5-6,9H,3-4,7H2,1H3. The maximum atomic E-state index is 11.6. The summed E-state index contributed by atoms with van der Waals surface area (Å²) in [5.74, 6) is 1.56. The van der Waals surface area contributed by atoms with Crippen molar-refractivity contribution < 1.29 is 17.7 Å². The minimum atomic E-state index is -3.88. The van der Waals surface area contributed by atoms with E-state index >= 15 is 0 Å². The van der Waals surface area contributed by atoms with Crippen LogP contribution in [0.4, 0.5) is 0 Å². The van der Waals surface area contributed by atoms with Crippen molar-refractivity contribution in [1.82, 2.24) is 10.1 Å². The van der Waals surface area contributed by atoms with Crippen LogP contribution in [0, 0.1) is 6.92 Å². The molecule has 0 atom stereocenters. The minimum Gasteiger partial charge on any atom is -0.482 e. The molecule has 0 radical (unpaired) electrons. The molecule has 1 aromatic carbocycles. The molecule has 1 saturated carbocycles. The van der Waals surface area contributed by atoms with E-state index in [9.17, 15) is 8.42 Å². The zero-order valence-corrected chi connectivity index (χ0v) is 12.8. The highest BCUT2D eigenvalue weighted by Gasteiger charge is 2.29. The van der Waals surface area contributed by atoms with Gasteiger partial charge in [-0.05, 0) is 37.5 Å². The highest BCUT2D eigenvalue weighted by molar-refractivity contribution is 8.13.